The molecule has 1 fully saturated rings. The third kappa shape index (κ3) is 4.32. The highest BCUT2D eigenvalue weighted by Gasteiger charge is 2.22. The Morgan fingerprint density at radius 1 is 1.24 bits per heavy atom. The summed E-state index contributed by atoms with van der Waals surface area (Å²) in [5.41, 5.74) is 0.765. The largest absolute Gasteiger partial charge is 0.347 e. The molecule has 2 aromatic rings. The Kier molecular flexibility index (Phi) is 5.58. The molecular formula is C19H24N4O2. The molecule has 0 saturated heterocycles. The minimum Gasteiger partial charge on any atom is -0.347 e. The number of nitrogens with one attached hydrogen (secondary N) is 2. The molecule has 1 amide bonds. The molecule has 1 aliphatic rings. The zero-order valence-corrected chi connectivity index (χ0v) is 14.5. The standard InChI is InChI=1S/C19H24N4O2/c1-2-15(20-16(24)12-13-8-6-7-9-13)17-19(25)21-18(23-22-17)14-10-4-3-5-11-14/h3-5,10-11,13,15H,2,6-9,12H2,1H3,(H,20,24)(H,21,23,25). The van der Waals surface area contributed by atoms with Crippen LogP contribution in [0.1, 0.15) is 57.2 Å². The highest BCUT2D eigenvalue weighted by molar-refractivity contribution is 5.76. The lowest BCUT2D eigenvalue weighted by molar-refractivity contribution is -0.122. The summed E-state index contributed by atoms with van der Waals surface area (Å²) < 4.78 is 0. The molecule has 3 rings (SSSR count). The Bertz CT molecular complexity index is 766. The minimum absolute atomic E-state index is 0.00733. The third-order valence-electron chi connectivity index (χ3n) is 4.79. The van der Waals surface area contributed by atoms with Crippen molar-refractivity contribution in [1.29, 1.82) is 0 Å². The Balaban J connectivity index is 1.72. The van der Waals surface area contributed by atoms with Crippen molar-refractivity contribution in [3.05, 3.63) is 46.4 Å². The second-order valence-electron chi connectivity index (χ2n) is 6.64. The maximum absolute atomic E-state index is 12.4. The van der Waals surface area contributed by atoms with Gasteiger partial charge in [0.15, 0.2) is 11.5 Å². The number of H-pyrrole nitrogens is 1. The molecule has 1 heterocycles. The first-order valence-electron chi connectivity index (χ1n) is 8.99. The van der Waals surface area contributed by atoms with Crippen molar-refractivity contribution < 1.29 is 4.79 Å². The van der Waals surface area contributed by atoms with Crippen LogP contribution in [0.2, 0.25) is 0 Å². The van der Waals surface area contributed by atoms with E-state index in [4.69, 9.17) is 0 Å². The third-order valence-corrected chi connectivity index (χ3v) is 4.79. The lowest BCUT2D eigenvalue weighted by Gasteiger charge is -2.17. The van der Waals surface area contributed by atoms with Gasteiger partial charge in [-0.15, -0.1) is 10.2 Å². The molecule has 1 atom stereocenters. The van der Waals surface area contributed by atoms with E-state index in [1.165, 1.54) is 12.8 Å². The molecule has 0 spiro atoms. The first kappa shape index (κ1) is 17.3. The second-order valence-corrected chi connectivity index (χ2v) is 6.64. The molecule has 0 bridgehead atoms. The zero-order valence-electron chi connectivity index (χ0n) is 14.5. The fourth-order valence-electron chi connectivity index (χ4n) is 3.39. The fourth-order valence-corrected chi connectivity index (χ4v) is 3.39. The van der Waals surface area contributed by atoms with Crippen LogP contribution in [-0.2, 0) is 4.79 Å². The van der Waals surface area contributed by atoms with Crippen LogP contribution >= 0.6 is 0 Å². The van der Waals surface area contributed by atoms with Crippen molar-refractivity contribution in [3.8, 4) is 11.4 Å². The molecule has 25 heavy (non-hydrogen) atoms. The van der Waals surface area contributed by atoms with Crippen molar-refractivity contribution in [2.45, 2.75) is 51.5 Å². The number of amides is 1. The maximum atomic E-state index is 12.4. The average molecular weight is 340 g/mol. The van der Waals surface area contributed by atoms with E-state index in [-0.39, 0.29) is 17.2 Å². The highest BCUT2D eigenvalue weighted by Crippen LogP contribution is 2.27. The van der Waals surface area contributed by atoms with Crippen molar-refractivity contribution >= 4 is 5.91 Å². The fraction of sp³-hybridized carbons (Fsp3) is 0.474. The molecule has 6 heteroatoms. The van der Waals surface area contributed by atoms with E-state index in [0.717, 1.165) is 18.4 Å². The molecule has 1 unspecified atom stereocenters. The summed E-state index contributed by atoms with van der Waals surface area (Å²) in [7, 11) is 0. The van der Waals surface area contributed by atoms with Crippen LogP contribution in [0.3, 0.4) is 0 Å². The van der Waals surface area contributed by atoms with Gasteiger partial charge in [-0.25, -0.2) is 0 Å². The number of carbonyl (C=O) groups excluding carboxylic acids is 1. The van der Waals surface area contributed by atoms with Gasteiger partial charge in [0.1, 0.15) is 0 Å². The summed E-state index contributed by atoms with van der Waals surface area (Å²) in [6.45, 7) is 1.92. The van der Waals surface area contributed by atoms with Gasteiger partial charge in [0.05, 0.1) is 6.04 Å². The number of nitrogens with zero attached hydrogens (tertiary/aromatic N) is 2. The van der Waals surface area contributed by atoms with Gasteiger partial charge in [-0.05, 0) is 25.2 Å². The first-order valence-corrected chi connectivity index (χ1v) is 8.99. The number of hydrogen-bond acceptors (Lipinski definition) is 4. The van der Waals surface area contributed by atoms with E-state index >= 15 is 0 Å². The van der Waals surface area contributed by atoms with Crippen LogP contribution in [0.25, 0.3) is 11.4 Å². The Morgan fingerprint density at radius 3 is 2.60 bits per heavy atom. The number of rotatable bonds is 6. The van der Waals surface area contributed by atoms with E-state index < -0.39 is 6.04 Å². The van der Waals surface area contributed by atoms with Gasteiger partial charge in [0.2, 0.25) is 5.91 Å². The van der Waals surface area contributed by atoms with E-state index in [2.05, 4.69) is 20.5 Å². The smallest absolute Gasteiger partial charge is 0.275 e. The van der Waals surface area contributed by atoms with E-state index in [9.17, 15) is 9.59 Å². The van der Waals surface area contributed by atoms with Gasteiger partial charge < -0.3 is 10.3 Å². The molecule has 0 radical (unpaired) electrons. The SMILES string of the molecule is CCC(NC(=O)CC1CCCC1)c1nnc(-c2ccccc2)[nH]c1=O. The number of aromatic amines is 1. The maximum Gasteiger partial charge on any atom is 0.275 e. The van der Waals surface area contributed by atoms with E-state index in [1.54, 1.807) is 0 Å². The van der Waals surface area contributed by atoms with Crippen molar-refractivity contribution in [1.82, 2.24) is 20.5 Å². The summed E-state index contributed by atoms with van der Waals surface area (Å²) in [6, 6.07) is 8.97. The summed E-state index contributed by atoms with van der Waals surface area (Å²) in [5.74, 6) is 0.899. The Morgan fingerprint density at radius 2 is 1.96 bits per heavy atom. The van der Waals surface area contributed by atoms with Gasteiger partial charge in [-0.2, -0.15) is 0 Å². The van der Waals surface area contributed by atoms with E-state index in [1.807, 2.05) is 37.3 Å². The van der Waals surface area contributed by atoms with Gasteiger partial charge in [0, 0.05) is 12.0 Å². The molecule has 132 valence electrons. The highest BCUT2D eigenvalue weighted by atomic mass is 16.2. The average Bonchev–Trinajstić information content (AvgIpc) is 3.13. The first-order chi connectivity index (χ1) is 12.2. The van der Waals surface area contributed by atoms with Gasteiger partial charge in [-0.3, -0.25) is 9.59 Å². The van der Waals surface area contributed by atoms with Crippen molar-refractivity contribution in [3.63, 3.8) is 0 Å². The topological polar surface area (TPSA) is 87.7 Å². The lowest BCUT2D eigenvalue weighted by Crippen LogP contribution is -2.34. The predicted octanol–water partition coefficient (Wildman–Crippen LogP) is 2.98. The molecule has 1 aromatic heterocycles. The molecule has 1 aliphatic carbocycles. The van der Waals surface area contributed by atoms with Gasteiger partial charge in [-0.1, -0.05) is 50.1 Å². The summed E-state index contributed by atoms with van der Waals surface area (Å²) in [5, 5.41) is 11.2. The predicted molar refractivity (Wildman–Crippen MR) is 95.8 cm³/mol. The number of carbonyl (C=O) groups is 1. The minimum atomic E-state index is -0.407. The van der Waals surface area contributed by atoms with Crippen LogP contribution < -0.4 is 10.9 Å². The van der Waals surface area contributed by atoms with E-state index in [0.29, 0.717) is 24.6 Å². The number of hydrogen-bond donors (Lipinski definition) is 2. The zero-order chi connectivity index (χ0) is 17.6. The second kappa shape index (κ2) is 8.05. The quantitative estimate of drug-likeness (QED) is 0.846. The summed E-state index contributed by atoms with van der Waals surface area (Å²) in [6.07, 6.45) is 5.79. The van der Waals surface area contributed by atoms with Crippen LogP contribution in [0.5, 0.6) is 0 Å². The van der Waals surface area contributed by atoms with Crippen molar-refractivity contribution in [2.75, 3.05) is 0 Å². The Hall–Kier alpha value is -2.50. The molecule has 6 nitrogen and oxygen atoms in total. The monoisotopic (exact) mass is 340 g/mol. The molecular weight excluding hydrogens is 316 g/mol. The lowest BCUT2D eigenvalue weighted by atomic mass is 10.0. The van der Waals surface area contributed by atoms with Crippen molar-refractivity contribution in [2.24, 2.45) is 5.92 Å². The summed E-state index contributed by atoms with van der Waals surface area (Å²) in [4.78, 5) is 27.5. The van der Waals surface area contributed by atoms with Crippen LogP contribution in [-0.4, -0.2) is 21.1 Å². The number of benzene rings is 1. The molecule has 1 aromatic carbocycles. The molecule has 2 N–H and O–H groups in total. The van der Waals surface area contributed by atoms with Crippen LogP contribution in [0.4, 0.5) is 0 Å². The molecule has 0 aliphatic heterocycles. The van der Waals surface area contributed by atoms with Gasteiger partial charge in [0.25, 0.3) is 5.56 Å². The van der Waals surface area contributed by atoms with Gasteiger partial charge >= 0.3 is 0 Å². The van der Waals surface area contributed by atoms with Crippen LogP contribution in [0, 0.1) is 5.92 Å². The Labute approximate surface area is 147 Å². The normalized spacial score (nSPS) is 15.9. The number of aromatic nitrogens is 3. The molecule has 1 saturated carbocycles. The summed E-state index contributed by atoms with van der Waals surface area (Å²) >= 11 is 0. The van der Waals surface area contributed by atoms with Crippen LogP contribution in [0.15, 0.2) is 35.1 Å².